The highest BCUT2D eigenvalue weighted by atomic mass is 35.5. The number of halogens is 2. The van der Waals surface area contributed by atoms with Crippen molar-refractivity contribution in [3.05, 3.63) is 27.7 Å². The van der Waals surface area contributed by atoms with E-state index in [-0.39, 0.29) is 40.2 Å². The zero-order valence-corrected chi connectivity index (χ0v) is 11.4. The predicted octanol–water partition coefficient (Wildman–Crippen LogP) is 1.74. The molecule has 0 bridgehead atoms. The molecule has 0 aromatic heterocycles. The summed E-state index contributed by atoms with van der Waals surface area (Å²) in [6, 6.07) is 2.91. The molecule has 0 saturated heterocycles. The zero-order valence-electron chi connectivity index (χ0n) is 9.91. The first-order chi connectivity index (χ1) is 8.97. The van der Waals surface area contributed by atoms with Gasteiger partial charge in [0, 0.05) is 7.11 Å². The Bertz CT molecular complexity index is 585. The van der Waals surface area contributed by atoms with E-state index in [0.29, 0.717) is 0 Å². The fraction of sp³-hybridized carbons (Fsp3) is 0.250. The SMILES string of the molecule is COCC(=O)CN1C(=O)C(=O)c2c(Cl)ccc(Cl)c21. The van der Waals surface area contributed by atoms with Crippen LogP contribution in [0.3, 0.4) is 0 Å². The third kappa shape index (κ3) is 2.36. The summed E-state index contributed by atoms with van der Waals surface area (Å²) in [5.41, 5.74) is 0.234. The Morgan fingerprint density at radius 1 is 1.26 bits per heavy atom. The molecule has 1 aliphatic heterocycles. The number of hydrogen-bond donors (Lipinski definition) is 0. The van der Waals surface area contributed by atoms with Crippen molar-refractivity contribution in [2.45, 2.75) is 0 Å². The Morgan fingerprint density at radius 2 is 1.89 bits per heavy atom. The molecule has 0 fully saturated rings. The van der Waals surface area contributed by atoms with Gasteiger partial charge in [-0.2, -0.15) is 0 Å². The average molecular weight is 302 g/mol. The van der Waals surface area contributed by atoms with Gasteiger partial charge in [-0.05, 0) is 12.1 Å². The summed E-state index contributed by atoms with van der Waals surface area (Å²) in [6.07, 6.45) is 0. The van der Waals surface area contributed by atoms with E-state index in [1.165, 1.54) is 19.2 Å². The van der Waals surface area contributed by atoms with Crippen LogP contribution in [-0.4, -0.2) is 37.7 Å². The largest absolute Gasteiger partial charge is 0.377 e. The summed E-state index contributed by atoms with van der Waals surface area (Å²) in [6.45, 7) is -0.420. The van der Waals surface area contributed by atoms with Crippen LogP contribution in [0.1, 0.15) is 10.4 Å². The maximum atomic E-state index is 11.9. The first kappa shape index (κ1) is 14.0. The van der Waals surface area contributed by atoms with Crippen molar-refractivity contribution < 1.29 is 19.1 Å². The van der Waals surface area contributed by atoms with Crippen molar-refractivity contribution in [1.82, 2.24) is 0 Å². The molecule has 5 nitrogen and oxygen atoms in total. The number of ketones is 2. The topological polar surface area (TPSA) is 63.7 Å². The first-order valence-electron chi connectivity index (χ1n) is 5.32. The molecule has 0 atom stereocenters. The summed E-state index contributed by atoms with van der Waals surface area (Å²) in [7, 11) is 1.37. The van der Waals surface area contributed by atoms with Gasteiger partial charge in [0.2, 0.25) is 0 Å². The summed E-state index contributed by atoms with van der Waals surface area (Å²) < 4.78 is 4.69. The van der Waals surface area contributed by atoms with Crippen LogP contribution in [0.5, 0.6) is 0 Å². The molecule has 1 amide bonds. The Balaban J connectivity index is 2.44. The number of benzene rings is 1. The van der Waals surface area contributed by atoms with Crippen LogP contribution in [0.2, 0.25) is 10.0 Å². The number of nitrogens with zero attached hydrogens (tertiary/aromatic N) is 1. The molecular weight excluding hydrogens is 293 g/mol. The zero-order chi connectivity index (χ0) is 14.2. The van der Waals surface area contributed by atoms with Crippen LogP contribution in [0.25, 0.3) is 0 Å². The second-order valence-electron chi connectivity index (χ2n) is 3.94. The van der Waals surface area contributed by atoms with E-state index in [0.717, 1.165) is 4.90 Å². The van der Waals surface area contributed by atoms with Gasteiger partial charge in [-0.3, -0.25) is 19.3 Å². The lowest BCUT2D eigenvalue weighted by atomic mass is 10.1. The van der Waals surface area contributed by atoms with E-state index in [9.17, 15) is 14.4 Å². The number of carbonyl (C=O) groups is 3. The van der Waals surface area contributed by atoms with E-state index < -0.39 is 11.7 Å². The highest BCUT2D eigenvalue weighted by Gasteiger charge is 2.40. The summed E-state index contributed by atoms with van der Waals surface area (Å²) in [5, 5.41) is 0.336. The van der Waals surface area contributed by atoms with Crippen molar-refractivity contribution in [1.29, 1.82) is 0 Å². The van der Waals surface area contributed by atoms with Crippen LogP contribution in [-0.2, 0) is 14.3 Å². The smallest absolute Gasteiger partial charge is 0.299 e. The van der Waals surface area contributed by atoms with Crippen molar-refractivity contribution in [2.75, 3.05) is 25.2 Å². The Morgan fingerprint density at radius 3 is 2.53 bits per heavy atom. The summed E-state index contributed by atoms with van der Waals surface area (Å²) in [5.74, 6) is -1.91. The van der Waals surface area contributed by atoms with E-state index in [1.807, 2.05) is 0 Å². The standard InChI is InChI=1S/C12H9Cl2NO4/c1-19-5-6(16)4-15-10-8(14)3-2-7(13)9(10)11(17)12(15)18/h2-3H,4-5H2,1H3. The number of fused-ring (bicyclic) bond motifs is 1. The average Bonchev–Trinajstić information content (AvgIpc) is 2.60. The Kier molecular flexibility index (Phi) is 3.89. The van der Waals surface area contributed by atoms with Crippen LogP contribution in [0, 0.1) is 0 Å². The van der Waals surface area contributed by atoms with E-state index in [1.54, 1.807) is 0 Å². The van der Waals surface area contributed by atoms with Gasteiger partial charge in [0.25, 0.3) is 11.7 Å². The number of carbonyl (C=O) groups excluding carboxylic acids is 3. The minimum Gasteiger partial charge on any atom is -0.377 e. The fourth-order valence-electron chi connectivity index (χ4n) is 1.89. The molecule has 2 rings (SSSR count). The van der Waals surface area contributed by atoms with Gasteiger partial charge in [-0.25, -0.2) is 0 Å². The Labute approximate surface area is 119 Å². The third-order valence-corrected chi connectivity index (χ3v) is 3.27. The van der Waals surface area contributed by atoms with Crippen LogP contribution < -0.4 is 4.90 Å². The van der Waals surface area contributed by atoms with Crippen molar-refractivity contribution in [3.8, 4) is 0 Å². The van der Waals surface area contributed by atoms with Crippen LogP contribution in [0.15, 0.2) is 12.1 Å². The molecule has 0 aliphatic carbocycles. The minimum atomic E-state index is -0.811. The van der Waals surface area contributed by atoms with Crippen LogP contribution in [0.4, 0.5) is 5.69 Å². The molecule has 1 aliphatic rings. The Hall–Kier alpha value is -1.43. The molecule has 100 valence electrons. The van der Waals surface area contributed by atoms with Gasteiger partial charge in [0.05, 0.1) is 27.8 Å². The van der Waals surface area contributed by atoms with Crippen molar-refractivity contribution in [2.24, 2.45) is 0 Å². The van der Waals surface area contributed by atoms with Gasteiger partial charge in [-0.15, -0.1) is 0 Å². The van der Waals surface area contributed by atoms with Crippen molar-refractivity contribution in [3.63, 3.8) is 0 Å². The predicted molar refractivity (Wildman–Crippen MR) is 70.0 cm³/mol. The highest BCUT2D eigenvalue weighted by Crippen LogP contribution is 2.39. The third-order valence-electron chi connectivity index (χ3n) is 2.65. The monoisotopic (exact) mass is 301 g/mol. The van der Waals surface area contributed by atoms with Gasteiger partial charge < -0.3 is 4.74 Å². The van der Waals surface area contributed by atoms with Gasteiger partial charge in [-0.1, -0.05) is 23.2 Å². The number of rotatable bonds is 4. The number of Topliss-reactive ketones (excluding diaryl/α,β-unsaturated/α-hetero) is 2. The molecule has 19 heavy (non-hydrogen) atoms. The lowest BCUT2D eigenvalue weighted by molar-refractivity contribution is -0.123. The van der Waals surface area contributed by atoms with Crippen molar-refractivity contribution >= 4 is 46.4 Å². The molecule has 7 heteroatoms. The summed E-state index contributed by atoms with van der Waals surface area (Å²) in [4.78, 5) is 36.3. The number of anilines is 1. The van der Waals surface area contributed by atoms with E-state index >= 15 is 0 Å². The first-order valence-corrected chi connectivity index (χ1v) is 6.07. The number of amides is 1. The second kappa shape index (κ2) is 5.28. The lowest BCUT2D eigenvalue weighted by Gasteiger charge is -2.16. The van der Waals surface area contributed by atoms with Gasteiger partial charge in [0.15, 0.2) is 5.78 Å². The normalized spacial score (nSPS) is 13.9. The van der Waals surface area contributed by atoms with E-state index in [4.69, 9.17) is 23.2 Å². The number of ether oxygens (including phenoxy) is 1. The quantitative estimate of drug-likeness (QED) is 0.795. The van der Waals surface area contributed by atoms with Crippen LogP contribution >= 0.6 is 23.2 Å². The molecule has 1 aromatic carbocycles. The lowest BCUT2D eigenvalue weighted by Crippen LogP contribution is -2.36. The highest BCUT2D eigenvalue weighted by molar-refractivity contribution is 6.57. The van der Waals surface area contributed by atoms with E-state index in [2.05, 4.69) is 4.74 Å². The molecule has 0 radical (unpaired) electrons. The van der Waals surface area contributed by atoms with Gasteiger partial charge >= 0.3 is 0 Å². The molecule has 0 unspecified atom stereocenters. The summed E-state index contributed by atoms with van der Waals surface area (Å²) >= 11 is 11.9. The maximum Gasteiger partial charge on any atom is 0.299 e. The maximum absolute atomic E-state index is 11.9. The fourth-order valence-corrected chi connectivity index (χ4v) is 2.38. The molecule has 0 saturated carbocycles. The molecule has 0 spiro atoms. The second-order valence-corrected chi connectivity index (χ2v) is 4.76. The molecular formula is C12H9Cl2NO4. The number of methoxy groups -OCH3 is 1. The van der Waals surface area contributed by atoms with Gasteiger partial charge in [0.1, 0.15) is 6.61 Å². The minimum absolute atomic E-state index is 0.0457. The molecule has 1 heterocycles. The molecule has 1 aromatic rings. The number of hydrogen-bond acceptors (Lipinski definition) is 4. The molecule has 0 N–H and O–H groups in total.